The highest BCUT2D eigenvalue weighted by Crippen LogP contribution is 2.31. The van der Waals surface area contributed by atoms with Crippen LogP contribution in [-0.2, 0) is 25.7 Å². The monoisotopic (exact) mass is 480 g/mol. The molecular weight excluding hydrogens is 452 g/mol. The van der Waals surface area contributed by atoms with Gasteiger partial charge < -0.3 is 19.8 Å². The van der Waals surface area contributed by atoms with E-state index >= 15 is 0 Å². The second kappa shape index (κ2) is 10.6. The molecule has 9 nitrogen and oxygen atoms in total. The van der Waals surface area contributed by atoms with Gasteiger partial charge in [0.15, 0.2) is 0 Å². The second-order valence-corrected chi connectivity index (χ2v) is 9.61. The van der Waals surface area contributed by atoms with Gasteiger partial charge in [0.25, 0.3) is 0 Å². The zero-order valence-corrected chi connectivity index (χ0v) is 20.0. The van der Waals surface area contributed by atoms with E-state index in [0.29, 0.717) is 34.6 Å². The molecule has 3 heterocycles. The molecule has 11 heteroatoms. The summed E-state index contributed by atoms with van der Waals surface area (Å²) in [5.41, 5.74) is -0.542. The Morgan fingerprint density at radius 2 is 2.16 bits per heavy atom. The number of oxazole rings is 1. The van der Waals surface area contributed by atoms with Crippen LogP contribution in [0.3, 0.4) is 0 Å². The van der Waals surface area contributed by atoms with Gasteiger partial charge in [-0.2, -0.15) is 12.6 Å². The maximum atomic E-state index is 13.1. The van der Waals surface area contributed by atoms with Gasteiger partial charge in [-0.3, -0.25) is 14.6 Å². The number of fused-ring (bicyclic) bond motifs is 4. The molecule has 0 aromatic carbocycles. The summed E-state index contributed by atoms with van der Waals surface area (Å²) in [6.07, 6.45) is 4.76. The van der Waals surface area contributed by atoms with Gasteiger partial charge in [0, 0.05) is 5.75 Å². The van der Waals surface area contributed by atoms with Crippen LogP contribution in [0.5, 0.6) is 0 Å². The van der Waals surface area contributed by atoms with Crippen LogP contribution in [0.25, 0.3) is 0 Å². The number of aromatic nitrogens is 1. The number of carbonyl (C=O) groups is 3. The van der Waals surface area contributed by atoms with Crippen molar-refractivity contribution in [2.24, 2.45) is 10.9 Å². The van der Waals surface area contributed by atoms with Crippen LogP contribution in [0, 0.1) is 5.92 Å². The van der Waals surface area contributed by atoms with E-state index in [-0.39, 0.29) is 30.7 Å². The van der Waals surface area contributed by atoms with Crippen molar-refractivity contribution in [3.05, 3.63) is 30.0 Å². The van der Waals surface area contributed by atoms with Gasteiger partial charge in [-0.15, -0.1) is 11.8 Å². The Hall–Kier alpha value is -2.27. The molecule has 2 N–H and O–H groups in total. The average Bonchev–Trinajstić information content (AvgIpc) is 3.37. The van der Waals surface area contributed by atoms with E-state index in [4.69, 9.17) is 9.15 Å². The highest BCUT2D eigenvalue weighted by Gasteiger charge is 2.41. The van der Waals surface area contributed by atoms with Crippen molar-refractivity contribution in [3.63, 3.8) is 0 Å². The number of aliphatic imine (C=N–C) groups is 1. The average molecular weight is 481 g/mol. The number of hydrogen-bond donors (Lipinski definition) is 3. The fourth-order valence-electron chi connectivity index (χ4n) is 3.15. The van der Waals surface area contributed by atoms with Crippen molar-refractivity contribution >= 4 is 47.2 Å². The molecule has 1 aromatic heterocycles. The first kappa shape index (κ1) is 24.4. The largest absolute Gasteiger partial charge is 0.456 e. The fourth-order valence-corrected chi connectivity index (χ4v) is 4.42. The van der Waals surface area contributed by atoms with Gasteiger partial charge >= 0.3 is 5.97 Å². The molecule has 0 radical (unpaired) electrons. The van der Waals surface area contributed by atoms with Crippen LogP contribution < -0.4 is 10.6 Å². The Kier molecular flexibility index (Phi) is 8.05. The minimum atomic E-state index is -1.05. The maximum absolute atomic E-state index is 13.1. The van der Waals surface area contributed by atoms with E-state index in [0.717, 1.165) is 0 Å². The summed E-state index contributed by atoms with van der Waals surface area (Å²) in [5, 5.41) is 6.11. The molecule has 2 aliphatic heterocycles. The molecule has 0 saturated carbocycles. The Bertz CT molecular complexity index is 929. The first-order valence-electron chi connectivity index (χ1n) is 10.4. The maximum Gasteiger partial charge on any atom is 0.329 e. The highest BCUT2D eigenvalue weighted by atomic mass is 32.2. The molecular formula is C21H28N4O5S2. The molecule has 2 amide bonds. The summed E-state index contributed by atoms with van der Waals surface area (Å²) in [4.78, 5) is 47.4. The lowest BCUT2D eigenvalue weighted by atomic mass is 10.0. The van der Waals surface area contributed by atoms with Gasteiger partial charge in [0.1, 0.15) is 34.7 Å². The third-order valence-electron chi connectivity index (χ3n) is 5.04. The highest BCUT2D eigenvalue weighted by molar-refractivity contribution is 8.14. The van der Waals surface area contributed by atoms with Crippen molar-refractivity contribution < 1.29 is 23.5 Å². The molecule has 0 saturated heterocycles. The van der Waals surface area contributed by atoms with Crippen LogP contribution in [-0.4, -0.2) is 57.0 Å². The predicted octanol–water partition coefficient (Wildman–Crippen LogP) is 1.88. The van der Waals surface area contributed by atoms with E-state index < -0.39 is 23.7 Å². The van der Waals surface area contributed by atoms with Gasteiger partial charge in [-0.25, -0.2) is 9.78 Å². The van der Waals surface area contributed by atoms with E-state index in [1.54, 1.807) is 13.0 Å². The smallest absolute Gasteiger partial charge is 0.329 e. The van der Waals surface area contributed by atoms with E-state index in [1.807, 2.05) is 19.9 Å². The molecule has 2 aliphatic rings. The molecule has 3 atom stereocenters. The van der Waals surface area contributed by atoms with Gasteiger partial charge in [-0.05, 0) is 31.1 Å². The molecule has 0 fully saturated rings. The molecule has 3 rings (SSSR count). The van der Waals surface area contributed by atoms with E-state index in [9.17, 15) is 14.4 Å². The quantitative estimate of drug-likeness (QED) is 0.342. The van der Waals surface area contributed by atoms with Crippen LogP contribution in [0.4, 0.5) is 0 Å². The van der Waals surface area contributed by atoms with Crippen molar-refractivity contribution in [2.45, 2.75) is 57.8 Å². The summed E-state index contributed by atoms with van der Waals surface area (Å²) in [6, 6.07) is -0.876. The summed E-state index contributed by atoms with van der Waals surface area (Å²) in [5.74, 6) is -0.160. The number of esters is 1. The van der Waals surface area contributed by atoms with Gasteiger partial charge in [-0.1, -0.05) is 19.9 Å². The standard InChI is InChI=1S/C21H28N4O5S2/c1-12(2)17-19(27)30-13(6-4-5-7-31)8-15(26)22-9-16-23-14(10-29-16)18-25-21(3,11-32-18)20(28)24-17/h4,6,10,12-13,17,31H,5,7-9,11H2,1-3H3,(H,22,26)(H,24,28)/b6-4+/t13-,17?,21+/m1/s1. The Balaban J connectivity index is 1.92. The lowest BCUT2D eigenvalue weighted by Crippen LogP contribution is -2.53. The SMILES string of the molecule is CC(C)C1NC(=O)[C@]2(C)CSC(=N2)c2coc(n2)CNC(=O)C[C@@H](/C=C/CCS)OC1=O. The summed E-state index contributed by atoms with van der Waals surface area (Å²) >= 11 is 5.56. The van der Waals surface area contributed by atoms with Gasteiger partial charge in [0.2, 0.25) is 17.7 Å². The summed E-state index contributed by atoms with van der Waals surface area (Å²) in [7, 11) is 0. The Labute approximate surface area is 196 Å². The number of nitrogens with zero attached hydrogens (tertiary/aromatic N) is 2. The first-order valence-corrected chi connectivity index (χ1v) is 12.1. The lowest BCUT2D eigenvalue weighted by Gasteiger charge is -2.27. The molecule has 4 bridgehead atoms. The number of thioether (sulfide) groups is 1. The molecule has 1 unspecified atom stereocenters. The molecule has 32 heavy (non-hydrogen) atoms. The number of hydrogen-bond acceptors (Lipinski definition) is 9. The summed E-state index contributed by atoms with van der Waals surface area (Å²) in [6.45, 7) is 5.45. The van der Waals surface area contributed by atoms with Crippen molar-refractivity contribution in [1.82, 2.24) is 15.6 Å². The Morgan fingerprint density at radius 1 is 1.38 bits per heavy atom. The molecule has 174 valence electrons. The summed E-state index contributed by atoms with van der Waals surface area (Å²) < 4.78 is 11.1. The van der Waals surface area contributed by atoms with Crippen LogP contribution in [0.15, 0.2) is 27.8 Å². The number of ether oxygens (including phenoxy) is 1. The minimum absolute atomic E-state index is 0.0680. The predicted molar refractivity (Wildman–Crippen MR) is 125 cm³/mol. The molecule has 0 spiro atoms. The van der Waals surface area contributed by atoms with Crippen LogP contribution in [0.1, 0.15) is 45.2 Å². The zero-order chi connectivity index (χ0) is 23.3. The third kappa shape index (κ3) is 5.94. The van der Waals surface area contributed by atoms with Crippen LogP contribution in [0.2, 0.25) is 0 Å². The number of cyclic esters (lactones) is 1. The number of carbonyl (C=O) groups excluding carboxylic acids is 3. The van der Waals surface area contributed by atoms with Crippen molar-refractivity contribution in [3.8, 4) is 0 Å². The lowest BCUT2D eigenvalue weighted by molar-refractivity contribution is -0.153. The first-order chi connectivity index (χ1) is 15.2. The molecule has 1 aromatic rings. The number of rotatable bonds is 4. The second-order valence-electron chi connectivity index (χ2n) is 8.20. The number of thiol groups is 1. The van der Waals surface area contributed by atoms with E-state index in [1.165, 1.54) is 18.0 Å². The normalized spacial score (nSPS) is 27.3. The fraction of sp³-hybridized carbons (Fsp3) is 0.571. The van der Waals surface area contributed by atoms with Crippen LogP contribution >= 0.6 is 24.4 Å². The molecule has 0 aliphatic carbocycles. The topological polar surface area (TPSA) is 123 Å². The van der Waals surface area contributed by atoms with Crippen molar-refractivity contribution in [1.29, 1.82) is 0 Å². The zero-order valence-electron chi connectivity index (χ0n) is 18.3. The Morgan fingerprint density at radius 3 is 2.88 bits per heavy atom. The number of amides is 2. The number of nitrogens with one attached hydrogen (secondary N) is 2. The van der Waals surface area contributed by atoms with Gasteiger partial charge in [0.05, 0.1) is 13.0 Å². The van der Waals surface area contributed by atoms with E-state index in [2.05, 4.69) is 33.2 Å². The minimum Gasteiger partial charge on any atom is -0.456 e. The van der Waals surface area contributed by atoms with Crippen molar-refractivity contribution in [2.75, 3.05) is 11.5 Å². The third-order valence-corrected chi connectivity index (χ3v) is 6.58. The number of allylic oxidation sites excluding steroid dienone is 1.